The molecule has 3 atom stereocenters. The Morgan fingerprint density at radius 3 is 2.26 bits per heavy atom. The van der Waals surface area contributed by atoms with E-state index in [9.17, 15) is 40.2 Å². The highest BCUT2D eigenvalue weighted by molar-refractivity contribution is 5.64. The van der Waals surface area contributed by atoms with E-state index >= 15 is 0 Å². The third kappa shape index (κ3) is 5.26. The van der Waals surface area contributed by atoms with Crippen LogP contribution in [0.25, 0.3) is 11.3 Å². The van der Waals surface area contributed by atoms with Gasteiger partial charge < -0.3 is 20.1 Å². The number of nitrogens with zero attached hydrogens (tertiary/aromatic N) is 4. The molecule has 1 aliphatic heterocycles. The second-order valence-corrected chi connectivity index (χ2v) is 10.2. The number of aliphatic hydroxyl groups excluding tert-OH is 1. The maximum absolute atomic E-state index is 13.7. The molecular formula is C23H25F8N5O2. The first-order valence-corrected chi connectivity index (χ1v) is 12.1. The van der Waals surface area contributed by atoms with Crippen molar-refractivity contribution in [1.29, 1.82) is 0 Å². The van der Waals surface area contributed by atoms with Gasteiger partial charge in [-0.25, -0.2) is 18.7 Å². The highest BCUT2D eigenvalue weighted by atomic mass is 19.4. The number of aliphatic hydroxyl groups is 1. The highest BCUT2D eigenvalue weighted by Crippen LogP contribution is 2.54. The molecule has 0 radical (unpaired) electrons. The molecule has 3 heterocycles. The first-order valence-electron chi connectivity index (χ1n) is 12.1. The molecule has 1 saturated heterocycles. The summed E-state index contributed by atoms with van der Waals surface area (Å²) >= 11 is 0. The molecule has 3 saturated carbocycles. The van der Waals surface area contributed by atoms with Crippen LogP contribution in [0.2, 0.25) is 0 Å². The summed E-state index contributed by atoms with van der Waals surface area (Å²) in [6.07, 6.45) is -9.63. The lowest BCUT2D eigenvalue weighted by atomic mass is 9.59. The molecule has 7 nitrogen and oxygen atoms in total. The Morgan fingerprint density at radius 2 is 1.66 bits per heavy atom. The predicted octanol–water partition coefficient (Wildman–Crippen LogP) is 5.09. The van der Waals surface area contributed by atoms with E-state index < -0.39 is 48.0 Å². The van der Waals surface area contributed by atoms with Crippen LogP contribution in [0.5, 0.6) is 5.75 Å². The lowest BCUT2D eigenvalue weighted by molar-refractivity contribution is -0.274. The molecule has 6 rings (SSSR count). The van der Waals surface area contributed by atoms with Crippen molar-refractivity contribution in [3.8, 4) is 17.0 Å². The smallest absolute Gasteiger partial charge is 0.402 e. The summed E-state index contributed by atoms with van der Waals surface area (Å²) in [5, 5.41) is 10.1. The number of hydrogen-bond donors (Lipinski definition) is 2. The van der Waals surface area contributed by atoms with Gasteiger partial charge in [-0.05, 0) is 37.2 Å². The summed E-state index contributed by atoms with van der Waals surface area (Å²) in [6, 6.07) is 0.226. The maximum atomic E-state index is 13.7. The number of nitrogens with two attached hydrogens (primary N) is 1. The van der Waals surface area contributed by atoms with Gasteiger partial charge in [0.25, 0.3) is 5.92 Å². The Kier molecular flexibility index (Phi) is 6.52. The standard InChI is InChI=1S/C23H25F8N5O2/c24-21(25)1-3-35(4-2-21)15-8-16(12-5-11(15)6-12)36-10-14(34-20(36)18(37)22(26,27)28)13-7-17(19(32)33-9-13)38-23(29,30)31/h7,9-12,15-16,18,37H,1-6,8H2,(H2,32,33)/t11?,12?,15-,16?,18+/m0/s1. The molecule has 2 bridgehead atoms. The van der Waals surface area contributed by atoms with Crippen molar-refractivity contribution in [2.45, 2.75) is 68.8 Å². The number of fused-ring (bicyclic) bond motifs is 2. The zero-order valence-corrected chi connectivity index (χ0v) is 19.8. The molecule has 15 heteroatoms. The van der Waals surface area contributed by atoms with Crippen LogP contribution in [0.4, 0.5) is 40.9 Å². The summed E-state index contributed by atoms with van der Waals surface area (Å²) in [5.74, 6) is -4.64. The number of alkyl halides is 8. The molecule has 210 valence electrons. The van der Waals surface area contributed by atoms with Gasteiger partial charge in [0, 0.05) is 56.0 Å². The Bertz CT molecular complexity index is 1170. The molecule has 0 spiro atoms. The van der Waals surface area contributed by atoms with Crippen molar-refractivity contribution in [2.24, 2.45) is 11.8 Å². The van der Waals surface area contributed by atoms with Crippen LogP contribution in [0.15, 0.2) is 18.5 Å². The fraction of sp³-hybridized carbons (Fsp3) is 0.652. The number of pyridine rings is 1. The number of piperidine rings is 1. The van der Waals surface area contributed by atoms with Crippen molar-refractivity contribution in [3.05, 3.63) is 24.3 Å². The number of likely N-dealkylation sites (tertiary alicyclic amines) is 1. The van der Waals surface area contributed by atoms with E-state index in [1.54, 1.807) is 0 Å². The number of anilines is 1. The third-order valence-corrected chi connectivity index (χ3v) is 7.86. The van der Waals surface area contributed by atoms with Crippen molar-refractivity contribution in [1.82, 2.24) is 19.4 Å². The third-order valence-electron chi connectivity index (χ3n) is 7.86. The number of imidazole rings is 1. The maximum Gasteiger partial charge on any atom is 0.573 e. The van der Waals surface area contributed by atoms with Gasteiger partial charge in [0.2, 0.25) is 6.10 Å². The first kappa shape index (κ1) is 26.9. The number of nitrogen functional groups attached to an aromatic ring is 1. The topological polar surface area (TPSA) is 89.4 Å². The lowest BCUT2D eigenvalue weighted by Crippen LogP contribution is -2.56. The van der Waals surface area contributed by atoms with Crippen LogP contribution in [0.3, 0.4) is 0 Å². The van der Waals surface area contributed by atoms with Gasteiger partial charge >= 0.3 is 12.5 Å². The van der Waals surface area contributed by atoms with Gasteiger partial charge in [0.1, 0.15) is 5.82 Å². The van der Waals surface area contributed by atoms with Crippen LogP contribution >= 0.6 is 0 Å². The van der Waals surface area contributed by atoms with E-state index in [2.05, 4.69) is 14.7 Å². The molecule has 3 N–H and O–H groups in total. The largest absolute Gasteiger partial charge is 0.573 e. The van der Waals surface area contributed by atoms with Crippen LogP contribution in [0.1, 0.15) is 50.1 Å². The molecule has 0 amide bonds. The van der Waals surface area contributed by atoms with E-state index in [1.807, 2.05) is 4.90 Å². The monoisotopic (exact) mass is 555 g/mol. The zero-order chi connectivity index (χ0) is 27.6. The summed E-state index contributed by atoms with van der Waals surface area (Å²) in [6.45, 7) is 0.357. The fourth-order valence-corrected chi connectivity index (χ4v) is 5.90. The van der Waals surface area contributed by atoms with Crippen LogP contribution in [-0.2, 0) is 0 Å². The minimum atomic E-state index is -5.08. The SMILES string of the molecule is Nc1ncc(-c2cn(C3C[C@H](N4CCC(F)(F)CC4)C4CC3C4)c([C@@H](O)C(F)(F)F)n2)cc1OC(F)(F)F. The fourth-order valence-electron chi connectivity index (χ4n) is 5.90. The quantitative estimate of drug-likeness (QED) is 0.500. The molecule has 4 aliphatic rings. The molecule has 38 heavy (non-hydrogen) atoms. The van der Waals surface area contributed by atoms with Crippen molar-refractivity contribution < 1.29 is 45.0 Å². The number of halogens is 8. The minimum Gasteiger partial charge on any atom is -0.402 e. The molecule has 1 unspecified atom stereocenters. The summed E-state index contributed by atoms with van der Waals surface area (Å²) < 4.78 is 112. The average molecular weight is 555 g/mol. The van der Waals surface area contributed by atoms with Gasteiger partial charge in [-0.1, -0.05) is 0 Å². The minimum absolute atomic E-state index is 0.0163. The van der Waals surface area contributed by atoms with Gasteiger partial charge in [-0.3, -0.25) is 4.90 Å². The lowest BCUT2D eigenvalue weighted by Gasteiger charge is -2.55. The second kappa shape index (κ2) is 9.21. The number of ether oxygens (including phenoxy) is 1. The van der Waals surface area contributed by atoms with Crippen LogP contribution in [0, 0.1) is 11.8 Å². The normalized spacial score (nSPS) is 28.6. The highest BCUT2D eigenvalue weighted by Gasteiger charge is 2.52. The van der Waals surface area contributed by atoms with Crippen molar-refractivity contribution >= 4 is 5.82 Å². The Hall–Kier alpha value is -2.68. The summed E-state index contributed by atoms with van der Waals surface area (Å²) in [4.78, 5) is 9.57. The second-order valence-electron chi connectivity index (χ2n) is 10.2. The zero-order valence-electron chi connectivity index (χ0n) is 19.8. The molecule has 4 fully saturated rings. The number of rotatable bonds is 5. The average Bonchev–Trinajstić information content (AvgIpc) is 3.22. The summed E-state index contributed by atoms with van der Waals surface area (Å²) in [7, 11) is 0. The Labute approximate surface area is 211 Å². The molecule has 2 aromatic heterocycles. The van der Waals surface area contributed by atoms with Gasteiger partial charge in [-0.15, -0.1) is 13.2 Å². The molecule has 3 aliphatic carbocycles. The molecule has 0 aromatic carbocycles. The van der Waals surface area contributed by atoms with Gasteiger partial charge in [-0.2, -0.15) is 13.2 Å². The Morgan fingerprint density at radius 1 is 1.03 bits per heavy atom. The first-order chi connectivity index (χ1) is 17.6. The molecule has 2 aromatic rings. The van der Waals surface area contributed by atoms with E-state index in [0.29, 0.717) is 19.3 Å². The van der Waals surface area contributed by atoms with E-state index in [4.69, 9.17) is 5.73 Å². The van der Waals surface area contributed by atoms with Gasteiger partial charge in [0.15, 0.2) is 11.6 Å². The van der Waals surface area contributed by atoms with E-state index in [-0.39, 0.29) is 55.1 Å². The molecular weight excluding hydrogens is 530 g/mol. The van der Waals surface area contributed by atoms with E-state index in [1.165, 1.54) is 10.8 Å². The van der Waals surface area contributed by atoms with Crippen molar-refractivity contribution in [2.75, 3.05) is 18.8 Å². The van der Waals surface area contributed by atoms with Crippen molar-refractivity contribution in [3.63, 3.8) is 0 Å². The predicted molar refractivity (Wildman–Crippen MR) is 117 cm³/mol. The Balaban J connectivity index is 1.48. The number of hydrogen-bond acceptors (Lipinski definition) is 6. The van der Waals surface area contributed by atoms with E-state index in [0.717, 1.165) is 12.3 Å². The van der Waals surface area contributed by atoms with Gasteiger partial charge in [0.05, 0.1) is 5.69 Å². The van der Waals surface area contributed by atoms with Crippen LogP contribution in [-0.4, -0.2) is 62.1 Å². The number of aromatic nitrogens is 3. The summed E-state index contributed by atoms with van der Waals surface area (Å²) in [5.41, 5.74) is 5.21. The van der Waals surface area contributed by atoms with Crippen LogP contribution < -0.4 is 10.5 Å².